The zero-order chi connectivity index (χ0) is 13.7. The number of rotatable bonds is 5. The molecule has 2 rings (SSSR count). The van der Waals surface area contributed by atoms with Crippen LogP contribution in [-0.4, -0.2) is 40.8 Å². The van der Waals surface area contributed by atoms with E-state index >= 15 is 0 Å². The Morgan fingerprint density at radius 3 is 2.68 bits per heavy atom. The number of nitrogens with one attached hydrogen (secondary N) is 1. The van der Waals surface area contributed by atoms with Crippen molar-refractivity contribution in [1.29, 1.82) is 0 Å². The van der Waals surface area contributed by atoms with E-state index in [2.05, 4.69) is 34.0 Å². The number of aliphatic hydroxyl groups excluding tert-OH is 1. The van der Waals surface area contributed by atoms with Crippen LogP contribution < -0.4 is 10.2 Å². The molecule has 0 radical (unpaired) electrons. The molecule has 5 nitrogen and oxygen atoms in total. The van der Waals surface area contributed by atoms with Gasteiger partial charge in [-0.3, -0.25) is 0 Å². The minimum atomic E-state index is -0.152. The molecule has 0 unspecified atom stereocenters. The molecule has 106 valence electrons. The lowest BCUT2D eigenvalue weighted by Crippen LogP contribution is -2.37. The fourth-order valence-corrected chi connectivity index (χ4v) is 2.55. The Hall–Kier alpha value is -1.36. The number of piperidine rings is 1. The van der Waals surface area contributed by atoms with Crippen LogP contribution in [-0.2, 0) is 6.42 Å². The van der Waals surface area contributed by atoms with E-state index in [0.717, 1.165) is 57.0 Å². The Labute approximate surface area is 115 Å². The van der Waals surface area contributed by atoms with Gasteiger partial charge in [-0.25, -0.2) is 9.97 Å². The van der Waals surface area contributed by atoms with Gasteiger partial charge in [-0.1, -0.05) is 13.3 Å². The molecule has 1 saturated heterocycles. The molecular weight excluding hydrogens is 240 g/mol. The van der Waals surface area contributed by atoms with Gasteiger partial charge in [0.2, 0.25) is 0 Å². The number of aromatic nitrogens is 2. The number of nitrogens with zero attached hydrogens (tertiary/aromatic N) is 3. The maximum atomic E-state index is 9.61. The van der Waals surface area contributed by atoms with Crippen molar-refractivity contribution in [2.75, 3.05) is 29.9 Å². The highest BCUT2D eigenvalue weighted by Crippen LogP contribution is 2.27. The second-order valence-electron chi connectivity index (χ2n) is 5.02. The summed E-state index contributed by atoms with van der Waals surface area (Å²) in [6.07, 6.45) is 5.20. The van der Waals surface area contributed by atoms with Gasteiger partial charge in [-0.2, -0.15) is 0 Å². The summed E-state index contributed by atoms with van der Waals surface area (Å²) in [5, 5.41) is 12.9. The predicted octanol–water partition coefficient (Wildman–Crippen LogP) is 1.82. The predicted molar refractivity (Wildman–Crippen MR) is 77.6 cm³/mol. The number of hydrogen-bond donors (Lipinski definition) is 2. The number of hydrogen-bond acceptors (Lipinski definition) is 5. The maximum Gasteiger partial charge on any atom is 0.137 e. The molecule has 1 aliphatic heterocycles. The third-order valence-corrected chi connectivity index (χ3v) is 3.53. The third kappa shape index (κ3) is 3.35. The minimum Gasteiger partial charge on any atom is -0.393 e. The maximum absolute atomic E-state index is 9.61. The lowest BCUT2D eigenvalue weighted by Gasteiger charge is -2.32. The number of anilines is 2. The van der Waals surface area contributed by atoms with Gasteiger partial charge < -0.3 is 15.3 Å². The van der Waals surface area contributed by atoms with Gasteiger partial charge in [-0.05, 0) is 26.2 Å². The van der Waals surface area contributed by atoms with E-state index in [0.29, 0.717) is 0 Å². The summed E-state index contributed by atoms with van der Waals surface area (Å²) in [4.78, 5) is 11.1. The Kier molecular flexibility index (Phi) is 4.96. The van der Waals surface area contributed by atoms with E-state index in [1.165, 1.54) is 5.56 Å². The minimum absolute atomic E-state index is 0.152. The summed E-state index contributed by atoms with van der Waals surface area (Å²) < 4.78 is 0. The Balaban J connectivity index is 2.25. The molecule has 0 saturated carbocycles. The van der Waals surface area contributed by atoms with Crippen molar-refractivity contribution in [1.82, 2.24) is 9.97 Å². The van der Waals surface area contributed by atoms with Crippen molar-refractivity contribution in [3.05, 3.63) is 11.9 Å². The van der Waals surface area contributed by atoms with Crippen LogP contribution in [0.2, 0.25) is 0 Å². The molecule has 1 aliphatic rings. The van der Waals surface area contributed by atoms with Crippen LogP contribution in [0.1, 0.15) is 38.7 Å². The first kappa shape index (κ1) is 14.1. The van der Waals surface area contributed by atoms with E-state index in [1.54, 1.807) is 6.33 Å². The highest BCUT2D eigenvalue weighted by molar-refractivity contribution is 5.59. The van der Waals surface area contributed by atoms with Crippen LogP contribution >= 0.6 is 0 Å². The van der Waals surface area contributed by atoms with E-state index in [9.17, 15) is 5.11 Å². The molecule has 2 heterocycles. The van der Waals surface area contributed by atoms with Crippen LogP contribution in [0.25, 0.3) is 0 Å². The van der Waals surface area contributed by atoms with Crippen molar-refractivity contribution >= 4 is 11.6 Å². The molecule has 1 aromatic heterocycles. The highest BCUT2D eigenvalue weighted by Gasteiger charge is 2.21. The molecule has 0 amide bonds. The number of aliphatic hydroxyl groups is 1. The fourth-order valence-electron chi connectivity index (χ4n) is 2.55. The molecule has 1 fully saturated rings. The smallest absolute Gasteiger partial charge is 0.137 e. The van der Waals surface area contributed by atoms with Gasteiger partial charge >= 0.3 is 0 Å². The van der Waals surface area contributed by atoms with Crippen molar-refractivity contribution < 1.29 is 5.11 Å². The van der Waals surface area contributed by atoms with Gasteiger partial charge in [0.15, 0.2) is 0 Å². The normalized spacial score (nSPS) is 16.7. The zero-order valence-corrected chi connectivity index (χ0v) is 11.9. The first-order valence-corrected chi connectivity index (χ1v) is 7.27. The Morgan fingerprint density at radius 2 is 2.05 bits per heavy atom. The summed E-state index contributed by atoms with van der Waals surface area (Å²) in [6, 6.07) is 0. The van der Waals surface area contributed by atoms with Crippen molar-refractivity contribution in [2.45, 2.75) is 45.6 Å². The molecule has 0 atom stereocenters. The highest BCUT2D eigenvalue weighted by atomic mass is 16.3. The van der Waals surface area contributed by atoms with E-state index in [-0.39, 0.29) is 6.10 Å². The molecule has 2 N–H and O–H groups in total. The van der Waals surface area contributed by atoms with Crippen LogP contribution in [0.3, 0.4) is 0 Å². The van der Waals surface area contributed by atoms with Crippen LogP contribution in [0.4, 0.5) is 11.6 Å². The van der Waals surface area contributed by atoms with E-state index in [4.69, 9.17) is 0 Å². The van der Waals surface area contributed by atoms with Crippen molar-refractivity contribution in [3.63, 3.8) is 0 Å². The van der Waals surface area contributed by atoms with Gasteiger partial charge in [0.05, 0.1) is 6.10 Å². The summed E-state index contributed by atoms with van der Waals surface area (Å²) in [5.74, 6) is 2.00. The summed E-state index contributed by atoms with van der Waals surface area (Å²) in [5.41, 5.74) is 1.21. The molecule has 0 bridgehead atoms. The monoisotopic (exact) mass is 264 g/mol. The fraction of sp³-hybridized carbons (Fsp3) is 0.714. The Morgan fingerprint density at radius 1 is 1.32 bits per heavy atom. The second kappa shape index (κ2) is 6.70. The van der Waals surface area contributed by atoms with Crippen LogP contribution in [0.15, 0.2) is 6.33 Å². The zero-order valence-electron chi connectivity index (χ0n) is 11.9. The standard InChI is InChI=1S/C14H24N4O/c1-3-5-12-13(15-4-2)16-10-17-14(12)18-8-6-11(19)7-9-18/h10-11,19H,3-9H2,1-2H3,(H,15,16,17). The van der Waals surface area contributed by atoms with Crippen molar-refractivity contribution in [3.8, 4) is 0 Å². The Bertz CT molecular complexity index is 402. The van der Waals surface area contributed by atoms with Gasteiger partial charge in [0.1, 0.15) is 18.0 Å². The van der Waals surface area contributed by atoms with Gasteiger partial charge in [0, 0.05) is 25.2 Å². The van der Waals surface area contributed by atoms with Gasteiger partial charge in [0.25, 0.3) is 0 Å². The summed E-state index contributed by atoms with van der Waals surface area (Å²) in [6.45, 7) is 6.87. The van der Waals surface area contributed by atoms with Crippen LogP contribution in [0, 0.1) is 0 Å². The third-order valence-electron chi connectivity index (χ3n) is 3.53. The lowest BCUT2D eigenvalue weighted by molar-refractivity contribution is 0.145. The van der Waals surface area contributed by atoms with Crippen LogP contribution in [0.5, 0.6) is 0 Å². The SMILES string of the molecule is CCCc1c(NCC)ncnc1N1CCC(O)CC1. The first-order chi connectivity index (χ1) is 9.26. The molecular formula is C14H24N4O. The molecule has 0 aromatic carbocycles. The summed E-state index contributed by atoms with van der Waals surface area (Å²) in [7, 11) is 0. The quantitative estimate of drug-likeness (QED) is 0.849. The molecule has 0 spiro atoms. The molecule has 1 aromatic rings. The largest absolute Gasteiger partial charge is 0.393 e. The molecule has 5 heteroatoms. The van der Waals surface area contributed by atoms with E-state index in [1.807, 2.05) is 0 Å². The molecule has 0 aliphatic carbocycles. The second-order valence-corrected chi connectivity index (χ2v) is 5.02. The van der Waals surface area contributed by atoms with Gasteiger partial charge in [-0.15, -0.1) is 0 Å². The average Bonchev–Trinajstić information content (AvgIpc) is 2.42. The van der Waals surface area contributed by atoms with E-state index < -0.39 is 0 Å². The topological polar surface area (TPSA) is 61.3 Å². The van der Waals surface area contributed by atoms with Crippen molar-refractivity contribution in [2.24, 2.45) is 0 Å². The average molecular weight is 264 g/mol. The first-order valence-electron chi connectivity index (χ1n) is 7.27. The lowest BCUT2D eigenvalue weighted by atomic mass is 10.1. The molecule has 19 heavy (non-hydrogen) atoms. The summed E-state index contributed by atoms with van der Waals surface area (Å²) >= 11 is 0.